The summed E-state index contributed by atoms with van der Waals surface area (Å²) in [5, 5.41) is 4.21. The molecule has 3 heterocycles. The van der Waals surface area contributed by atoms with Crippen molar-refractivity contribution in [3.05, 3.63) is 48.3 Å². The first-order chi connectivity index (χ1) is 11.6. The highest BCUT2D eigenvalue weighted by Gasteiger charge is 2.27. The van der Waals surface area contributed by atoms with Crippen LogP contribution in [0, 0.1) is 5.82 Å². The number of carbonyl (C=O) groups excluding carboxylic acids is 1. The van der Waals surface area contributed by atoms with E-state index in [-0.39, 0.29) is 17.5 Å². The summed E-state index contributed by atoms with van der Waals surface area (Å²) in [5.41, 5.74) is 0.0913. The van der Waals surface area contributed by atoms with Gasteiger partial charge in [0, 0.05) is 51.3 Å². The number of aromatic nitrogens is 3. The summed E-state index contributed by atoms with van der Waals surface area (Å²) in [5.74, 6) is -0.837. The standard InChI is InChI=1S/C17H22FN5O/c1-21(17(24)15-3-7-19-13-16(15)18)14-4-9-22(10-5-14)11-12-23-8-2-6-20-23/h2-3,6-8,13-14H,4-5,9-12H2,1H3. The molecule has 0 bridgehead atoms. The molecule has 0 aromatic carbocycles. The first-order valence-electron chi connectivity index (χ1n) is 8.21. The number of amides is 1. The molecule has 0 unspecified atom stereocenters. The average molecular weight is 331 g/mol. The number of carbonyl (C=O) groups is 1. The molecule has 0 aliphatic carbocycles. The van der Waals surface area contributed by atoms with Crippen LogP contribution in [0.15, 0.2) is 36.9 Å². The average Bonchev–Trinajstić information content (AvgIpc) is 3.13. The zero-order valence-electron chi connectivity index (χ0n) is 13.8. The maximum absolute atomic E-state index is 13.7. The third-order valence-corrected chi connectivity index (χ3v) is 4.63. The maximum Gasteiger partial charge on any atom is 0.256 e. The Balaban J connectivity index is 1.50. The van der Waals surface area contributed by atoms with Gasteiger partial charge in [0.2, 0.25) is 0 Å². The van der Waals surface area contributed by atoms with Gasteiger partial charge in [-0.25, -0.2) is 4.39 Å². The van der Waals surface area contributed by atoms with E-state index in [4.69, 9.17) is 0 Å². The Kier molecular flexibility index (Phi) is 5.20. The van der Waals surface area contributed by atoms with Crippen LogP contribution in [0.5, 0.6) is 0 Å². The third-order valence-electron chi connectivity index (χ3n) is 4.63. The van der Waals surface area contributed by atoms with Gasteiger partial charge in [-0.2, -0.15) is 5.10 Å². The highest BCUT2D eigenvalue weighted by molar-refractivity contribution is 5.94. The van der Waals surface area contributed by atoms with Gasteiger partial charge in [0.05, 0.1) is 18.3 Å². The quantitative estimate of drug-likeness (QED) is 0.836. The van der Waals surface area contributed by atoms with Gasteiger partial charge in [0.1, 0.15) is 0 Å². The van der Waals surface area contributed by atoms with Crippen molar-refractivity contribution >= 4 is 5.91 Å². The summed E-state index contributed by atoms with van der Waals surface area (Å²) in [6.07, 6.45) is 8.07. The highest BCUT2D eigenvalue weighted by atomic mass is 19.1. The maximum atomic E-state index is 13.7. The normalized spacial score (nSPS) is 16.2. The Labute approximate surface area is 140 Å². The van der Waals surface area contributed by atoms with E-state index in [1.807, 2.05) is 16.9 Å². The molecule has 2 aromatic heterocycles. The lowest BCUT2D eigenvalue weighted by Gasteiger charge is -2.36. The minimum Gasteiger partial charge on any atom is -0.339 e. The van der Waals surface area contributed by atoms with Crippen LogP contribution in [0.2, 0.25) is 0 Å². The molecule has 0 N–H and O–H groups in total. The molecule has 7 heteroatoms. The van der Waals surface area contributed by atoms with Crippen molar-refractivity contribution in [1.82, 2.24) is 24.6 Å². The van der Waals surface area contributed by atoms with Crippen LogP contribution in [0.25, 0.3) is 0 Å². The van der Waals surface area contributed by atoms with Crippen molar-refractivity contribution in [3.8, 4) is 0 Å². The molecule has 0 spiro atoms. The van der Waals surface area contributed by atoms with Crippen LogP contribution in [0.4, 0.5) is 4.39 Å². The summed E-state index contributed by atoms with van der Waals surface area (Å²) < 4.78 is 15.7. The van der Waals surface area contributed by atoms with Crippen molar-refractivity contribution in [2.75, 3.05) is 26.7 Å². The van der Waals surface area contributed by atoms with E-state index in [1.54, 1.807) is 18.1 Å². The third kappa shape index (κ3) is 3.79. The fourth-order valence-corrected chi connectivity index (χ4v) is 3.11. The van der Waals surface area contributed by atoms with Crippen LogP contribution in [0.3, 0.4) is 0 Å². The first kappa shape index (κ1) is 16.6. The number of likely N-dealkylation sites (tertiary alicyclic amines) is 1. The molecule has 0 radical (unpaired) electrons. The lowest BCUT2D eigenvalue weighted by molar-refractivity contribution is 0.0634. The summed E-state index contributed by atoms with van der Waals surface area (Å²) in [7, 11) is 1.76. The zero-order chi connectivity index (χ0) is 16.9. The minimum atomic E-state index is -0.564. The van der Waals surface area contributed by atoms with Crippen LogP contribution in [-0.4, -0.2) is 63.2 Å². The van der Waals surface area contributed by atoms with Gasteiger partial charge in [-0.3, -0.25) is 14.5 Å². The molecule has 1 saturated heterocycles. The largest absolute Gasteiger partial charge is 0.339 e. The van der Waals surface area contributed by atoms with E-state index in [9.17, 15) is 9.18 Å². The fourth-order valence-electron chi connectivity index (χ4n) is 3.11. The Bertz CT molecular complexity index is 667. The fraction of sp³-hybridized carbons (Fsp3) is 0.471. The van der Waals surface area contributed by atoms with Crippen molar-refractivity contribution in [1.29, 1.82) is 0 Å². The molecule has 1 aliphatic heterocycles. The predicted octanol–water partition coefficient (Wildman–Crippen LogP) is 1.65. The molecule has 0 saturated carbocycles. The Hall–Kier alpha value is -2.28. The van der Waals surface area contributed by atoms with Crippen LogP contribution >= 0.6 is 0 Å². The van der Waals surface area contributed by atoms with E-state index < -0.39 is 5.82 Å². The predicted molar refractivity (Wildman–Crippen MR) is 88.0 cm³/mol. The number of hydrogen-bond donors (Lipinski definition) is 0. The van der Waals surface area contributed by atoms with Crippen molar-refractivity contribution in [2.24, 2.45) is 0 Å². The summed E-state index contributed by atoms with van der Waals surface area (Å²) in [6.45, 7) is 3.68. The molecule has 0 atom stereocenters. The van der Waals surface area contributed by atoms with Gasteiger partial charge in [-0.1, -0.05) is 0 Å². The number of halogens is 1. The van der Waals surface area contributed by atoms with E-state index in [0.717, 1.165) is 45.2 Å². The van der Waals surface area contributed by atoms with E-state index in [2.05, 4.69) is 15.0 Å². The van der Waals surface area contributed by atoms with E-state index in [1.165, 1.54) is 12.3 Å². The molecule has 2 aromatic rings. The van der Waals surface area contributed by atoms with Gasteiger partial charge in [0.25, 0.3) is 5.91 Å². The number of piperidine rings is 1. The summed E-state index contributed by atoms with van der Waals surface area (Å²) in [6, 6.07) is 3.50. The Morgan fingerprint density at radius 3 is 2.79 bits per heavy atom. The second kappa shape index (κ2) is 7.53. The second-order valence-electron chi connectivity index (χ2n) is 6.11. The van der Waals surface area contributed by atoms with Gasteiger partial charge < -0.3 is 9.80 Å². The van der Waals surface area contributed by atoms with Gasteiger partial charge in [-0.15, -0.1) is 0 Å². The molecular formula is C17H22FN5O. The van der Waals surface area contributed by atoms with E-state index >= 15 is 0 Å². The molecule has 6 nitrogen and oxygen atoms in total. The zero-order valence-corrected chi connectivity index (χ0v) is 13.8. The molecular weight excluding hydrogens is 309 g/mol. The molecule has 128 valence electrons. The lowest BCUT2D eigenvalue weighted by Crippen LogP contribution is -2.46. The second-order valence-corrected chi connectivity index (χ2v) is 6.11. The number of hydrogen-bond acceptors (Lipinski definition) is 4. The number of rotatable bonds is 5. The molecule has 24 heavy (non-hydrogen) atoms. The monoisotopic (exact) mass is 331 g/mol. The molecule has 3 rings (SSSR count). The lowest BCUT2D eigenvalue weighted by atomic mass is 10.0. The van der Waals surface area contributed by atoms with Crippen LogP contribution in [-0.2, 0) is 6.54 Å². The summed E-state index contributed by atoms with van der Waals surface area (Å²) >= 11 is 0. The topological polar surface area (TPSA) is 54.3 Å². The van der Waals surface area contributed by atoms with Crippen LogP contribution in [0.1, 0.15) is 23.2 Å². The van der Waals surface area contributed by atoms with Gasteiger partial charge >= 0.3 is 0 Å². The van der Waals surface area contributed by atoms with Crippen molar-refractivity contribution < 1.29 is 9.18 Å². The van der Waals surface area contributed by atoms with E-state index in [0.29, 0.717) is 0 Å². The highest BCUT2D eigenvalue weighted by Crippen LogP contribution is 2.18. The Morgan fingerprint density at radius 1 is 1.33 bits per heavy atom. The van der Waals surface area contributed by atoms with Crippen LogP contribution < -0.4 is 0 Å². The first-order valence-corrected chi connectivity index (χ1v) is 8.21. The SMILES string of the molecule is CN(C(=O)c1ccncc1F)C1CCN(CCn2cccn2)CC1. The Morgan fingerprint density at radius 2 is 2.12 bits per heavy atom. The molecule has 1 fully saturated rings. The minimum absolute atomic E-state index is 0.0913. The smallest absolute Gasteiger partial charge is 0.256 e. The van der Waals surface area contributed by atoms with Gasteiger partial charge in [-0.05, 0) is 25.0 Å². The van der Waals surface area contributed by atoms with Gasteiger partial charge in [0.15, 0.2) is 5.82 Å². The molecule has 1 aliphatic rings. The van der Waals surface area contributed by atoms with Crippen molar-refractivity contribution in [2.45, 2.75) is 25.4 Å². The summed E-state index contributed by atoms with van der Waals surface area (Å²) in [4.78, 5) is 20.2. The number of nitrogens with zero attached hydrogens (tertiary/aromatic N) is 5. The molecule has 1 amide bonds. The van der Waals surface area contributed by atoms with Crippen molar-refractivity contribution in [3.63, 3.8) is 0 Å². The number of pyridine rings is 1.